The Balaban J connectivity index is 2.19. The lowest BCUT2D eigenvalue weighted by Crippen LogP contribution is -2.31. The molecule has 0 aliphatic rings. The van der Waals surface area contributed by atoms with Crippen LogP contribution in [0.25, 0.3) is 0 Å². The monoisotopic (exact) mass is 375 g/mol. The average Bonchev–Trinajstić information content (AvgIpc) is 2.58. The lowest BCUT2D eigenvalue weighted by atomic mass is 10.1. The van der Waals surface area contributed by atoms with Crippen molar-refractivity contribution in [2.45, 2.75) is 26.3 Å². The number of aromatic nitrogens is 2. The van der Waals surface area contributed by atoms with Crippen molar-refractivity contribution in [1.29, 1.82) is 0 Å². The van der Waals surface area contributed by atoms with Crippen molar-refractivity contribution in [2.75, 3.05) is 10.7 Å². The smallest absolute Gasteiger partial charge is 0.354 e. The Morgan fingerprint density at radius 1 is 1.00 bits per heavy atom. The standard InChI is InChI=1S/C15H17N7O5/c1-15(2,3)18-12-11(22(26)27)13(17-8-16-12)19-20-14(23)9-4-6-10(7-5-9)21(24)25/h4-8H,1-3H3,(H,20,23)(H2,16,17,18,19). The van der Waals surface area contributed by atoms with E-state index in [1.54, 1.807) is 0 Å². The van der Waals surface area contributed by atoms with E-state index in [4.69, 9.17) is 0 Å². The summed E-state index contributed by atoms with van der Waals surface area (Å²) in [5.41, 5.74) is 3.70. The molecule has 1 amide bonds. The van der Waals surface area contributed by atoms with E-state index in [1.165, 1.54) is 24.3 Å². The number of nitrogens with one attached hydrogen (secondary N) is 3. The maximum atomic E-state index is 12.1. The molecular weight excluding hydrogens is 358 g/mol. The summed E-state index contributed by atoms with van der Waals surface area (Å²) in [6.45, 7) is 5.42. The number of carbonyl (C=O) groups excluding carboxylic acids is 1. The number of nitrogens with zero attached hydrogens (tertiary/aromatic N) is 4. The van der Waals surface area contributed by atoms with Gasteiger partial charge in [-0.3, -0.25) is 35.9 Å². The van der Waals surface area contributed by atoms with Gasteiger partial charge in [0, 0.05) is 23.2 Å². The van der Waals surface area contributed by atoms with Gasteiger partial charge in [-0.25, -0.2) is 9.97 Å². The summed E-state index contributed by atoms with van der Waals surface area (Å²) in [4.78, 5) is 40.6. The Kier molecular flexibility index (Phi) is 5.48. The van der Waals surface area contributed by atoms with Crippen LogP contribution in [0.5, 0.6) is 0 Å². The number of hydrogen-bond donors (Lipinski definition) is 3. The van der Waals surface area contributed by atoms with Crippen LogP contribution in [-0.2, 0) is 0 Å². The molecule has 1 aromatic heterocycles. The van der Waals surface area contributed by atoms with Gasteiger partial charge in [0.25, 0.3) is 11.6 Å². The number of nitro groups is 2. The van der Waals surface area contributed by atoms with E-state index >= 15 is 0 Å². The minimum Gasteiger partial charge on any atom is -0.360 e. The van der Waals surface area contributed by atoms with Crippen LogP contribution in [0.4, 0.5) is 23.0 Å². The maximum absolute atomic E-state index is 12.1. The van der Waals surface area contributed by atoms with Gasteiger partial charge in [-0.05, 0) is 32.9 Å². The normalized spacial score (nSPS) is 10.8. The third-order valence-corrected chi connectivity index (χ3v) is 3.13. The second-order valence-electron chi connectivity index (χ2n) is 6.43. The van der Waals surface area contributed by atoms with Crippen LogP contribution >= 0.6 is 0 Å². The van der Waals surface area contributed by atoms with Crippen molar-refractivity contribution in [3.8, 4) is 0 Å². The van der Waals surface area contributed by atoms with Gasteiger partial charge in [-0.1, -0.05) is 0 Å². The van der Waals surface area contributed by atoms with Crippen molar-refractivity contribution in [3.05, 3.63) is 56.4 Å². The molecule has 142 valence electrons. The first-order chi connectivity index (χ1) is 12.6. The van der Waals surface area contributed by atoms with Crippen LogP contribution in [0.2, 0.25) is 0 Å². The molecule has 0 saturated heterocycles. The fourth-order valence-electron chi connectivity index (χ4n) is 2.01. The lowest BCUT2D eigenvalue weighted by molar-refractivity contribution is -0.384. The van der Waals surface area contributed by atoms with Crippen molar-refractivity contribution in [1.82, 2.24) is 15.4 Å². The molecule has 2 rings (SSSR count). The first kappa shape index (κ1) is 19.5. The number of amides is 1. The van der Waals surface area contributed by atoms with E-state index in [0.717, 1.165) is 6.33 Å². The summed E-state index contributed by atoms with van der Waals surface area (Å²) in [7, 11) is 0. The first-order valence-corrected chi connectivity index (χ1v) is 7.67. The highest BCUT2D eigenvalue weighted by Gasteiger charge is 2.26. The van der Waals surface area contributed by atoms with E-state index in [0.29, 0.717) is 0 Å². The zero-order valence-electron chi connectivity index (χ0n) is 14.7. The molecule has 0 fully saturated rings. The van der Waals surface area contributed by atoms with Crippen LogP contribution in [0.15, 0.2) is 30.6 Å². The van der Waals surface area contributed by atoms with Gasteiger partial charge in [0.1, 0.15) is 6.33 Å². The van der Waals surface area contributed by atoms with Crippen molar-refractivity contribution in [2.24, 2.45) is 0 Å². The predicted molar refractivity (Wildman–Crippen MR) is 96.2 cm³/mol. The third-order valence-electron chi connectivity index (χ3n) is 3.13. The Hall–Kier alpha value is -3.83. The summed E-state index contributed by atoms with van der Waals surface area (Å²) in [6.07, 6.45) is 1.11. The third kappa shape index (κ3) is 5.07. The van der Waals surface area contributed by atoms with Crippen molar-refractivity contribution >= 4 is 28.9 Å². The molecule has 0 saturated carbocycles. The van der Waals surface area contributed by atoms with E-state index < -0.39 is 27.0 Å². The molecular formula is C15H17N7O5. The van der Waals surface area contributed by atoms with Gasteiger partial charge < -0.3 is 5.32 Å². The molecule has 0 unspecified atom stereocenters. The number of rotatable bonds is 6. The zero-order valence-corrected chi connectivity index (χ0v) is 14.7. The fourth-order valence-corrected chi connectivity index (χ4v) is 2.01. The van der Waals surface area contributed by atoms with E-state index in [2.05, 4.69) is 26.1 Å². The van der Waals surface area contributed by atoms with Gasteiger partial charge in [0.15, 0.2) is 0 Å². The number of carbonyl (C=O) groups is 1. The Morgan fingerprint density at radius 3 is 2.11 bits per heavy atom. The molecule has 0 aliphatic carbocycles. The molecule has 12 heteroatoms. The van der Waals surface area contributed by atoms with Gasteiger partial charge >= 0.3 is 5.69 Å². The first-order valence-electron chi connectivity index (χ1n) is 7.67. The Morgan fingerprint density at radius 2 is 1.59 bits per heavy atom. The Labute approximate surface area is 153 Å². The zero-order chi connectivity index (χ0) is 20.2. The number of anilines is 2. The summed E-state index contributed by atoms with van der Waals surface area (Å²) in [6, 6.07) is 4.87. The summed E-state index contributed by atoms with van der Waals surface area (Å²) in [5.74, 6) is -0.866. The second-order valence-corrected chi connectivity index (χ2v) is 6.43. The molecule has 1 heterocycles. The molecule has 12 nitrogen and oxygen atoms in total. The van der Waals surface area contributed by atoms with Gasteiger partial charge in [0.2, 0.25) is 11.6 Å². The minimum atomic E-state index is -0.672. The van der Waals surface area contributed by atoms with Gasteiger partial charge in [0.05, 0.1) is 9.85 Å². The van der Waals surface area contributed by atoms with Crippen LogP contribution in [0.3, 0.4) is 0 Å². The van der Waals surface area contributed by atoms with Crippen molar-refractivity contribution in [3.63, 3.8) is 0 Å². The molecule has 0 radical (unpaired) electrons. The highest BCUT2D eigenvalue weighted by atomic mass is 16.6. The highest BCUT2D eigenvalue weighted by molar-refractivity contribution is 5.95. The van der Waals surface area contributed by atoms with Crippen LogP contribution in [0, 0.1) is 20.2 Å². The fraction of sp³-hybridized carbons (Fsp3) is 0.267. The molecule has 0 atom stereocenters. The minimum absolute atomic E-state index is 0.00501. The molecule has 2 aromatic rings. The van der Waals surface area contributed by atoms with Crippen LogP contribution in [-0.4, -0.2) is 31.3 Å². The van der Waals surface area contributed by atoms with Crippen LogP contribution in [0.1, 0.15) is 31.1 Å². The largest absolute Gasteiger partial charge is 0.360 e. The summed E-state index contributed by atoms with van der Waals surface area (Å²) >= 11 is 0. The number of nitro benzene ring substituents is 1. The van der Waals surface area contributed by atoms with Crippen molar-refractivity contribution < 1.29 is 14.6 Å². The second kappa shape index (κ2) is 7.59. The number of non-ortho nitro benzene ring substituents is 1. The molecule has 3 N–H and O–H groups in total. The van der Waals surface area contributed by atoms with E-state index in [1.807, 2.05) is 20.8 Å². The molecule has 0 bridgehead atoms. The number of hydrogen-bond acceptors (Lipinski definition) is 9. The molecule has 27 heavy (non-hydrogen) atoms. The Bertz CT molecular complexity index is 877. The SMILES string of the molecule is CC(C)(C)Nc1ncnc(NNC(=O)c2ccc([N+](=O)[O-])cc2)c1[N+](=O)[O-]. The van der Waals surface area contributed by atoms with Gasteiger partial charge in [-0.15, -0.1) is 0 Å². The topological polar surface area (TPSA) is 165 Å². The summed E-state index contributed by atoms with van der Waals surface area (Å²) in [5, 5.41) is 24.9. The highest BCUT2D eigenvalue weighted by Crippen LogP contribution is 2.30. The maximum Gasteiger partial charge on any atom is 0.354 e. The number of hydrazine groups is 1. The molecule has 0 spiro atoms. The predicted octanol–water partition coefficient (Wildman–Crippen LogP) is 2.26. The van der Waals surface area contributed by atoms with E-state index in [9.17, 15) is 25.0 Å². The lowest BCUT2D eigenvalue weighted by Gasteiger charge is -2.21. The summed E-state index contributed by atoms with van der Waals surface area (Å²) < 4.78 is 0. The molecule has 1 aromatic carbocycles. The quantitative estimate of drug-likeness (QED) is 0.507. The number of benzene rings is 1. The average molecular weight is 375 g/mol. The molecule has 0 aliphatic heterocycles. The van der Waals surface area contributed by atoms with Gasteiger partial charge in [-0.2, -0.15) is 0 Å². The van der Waals surface area contributed by atoms with E-state index in [-0.39, 0.29) is 22.9 Å². The van der Waals surface area contributed by atoms with Crippen LogP contribution < -0.4 is 16.2 Å².